The fraction of sp³-hybridized carbons (Fsp3) is 0.609. The van der Waals surface area contributed by atoms with E-state index in [1.54, 1.807) is 14.1 Å². The predicted molar refractivity (Wildman–Crippen MR) is 118 cm³/mol. The van der Waals surface area contributed by atoms with E-state index in [0.717, 1.165) is 5.56 Å². The molecule has 0 aliphatic heterocycles. The smallest absolute Gasteiger partial charge is 0.328 e. The van der Waals surface area contributed by atoms with E-state index in [-0.39, 0.29) is 23.7 Å². The first-order chi connectivity index (χ1) is 14.1. The van der Waals surface area contributed by atoms with Gasteiger partial charge in [0.2, 0.25) is 11.8 Å². The van der Waals surface area contributed by atoms with Crippen LogP contribution in [0, 0.1) is 11.8 Å². The topological polar surface area (TPSA) is 87.7 Å². The highest BCUT2D eigenvalue weighted by Gasteiger charge is 2.34. The van der Waals surface area contributed by atoms with Crippen LogP contribution in [0.3, 0.4) is 0 Å². The first kappa shape index (κ1) is 25.6. The molecule has 7 nitrogen and oxygen atoms in total. The van der Waals surface area contributed by atoms with E-state index in [9.17, 15) is 14.4 Å². The third-order valence-electron chi connectivity index (χ3n) is 5.14. The number of amides is 2. The molecule has 0 spiro atoms. The minimum Gasteiger partial charge on any atom is -0.467 e. The molecule has 0 bridgehead atoms. The first-order valence-corrected chi connectivity index (χ1v) is 10.5. The second-order valence-electron chi connectivity index (χ2n) is 8.38. The number of methoxy groups -OCH3 is 1. The highest BCUT2D eigenvalue weighted by molar-refractivity contribution is 5.92. The van der Waals surface area contributed by atoms with E-state index in [2.05, 4.69) is 10.6 Å². The van der Waals surface area contributed by atoms with Gasteiger partial charge in [-0.3, -0.25) is 9.59 Å². The lowest BCUT2D eigenvalue weighted by molar-refractivity contribution is -0.147. The van der Waals surface area contributed by atoms with Crippen molar-refractivity contribution in [2.75, 3.05) is 21.2 Å². The Hall–Kier alpha value is -2.41. The molecule has 0 aliphatic carbocycles. The lowest BCUT2D eigenvalue weighted by Gasteiger charge is -2.33. The molecule has 0 unspecified atom stereocenters. The monoisotopic (exact) mass is 419 g/mol. The van der Waals surface area contributed by atoms with Gasteiger partial charge >= 0.3 is 5.97 Å². The number of carbonyl (C=O) groups is 3. The molecule has 0 saturated carbocycles. The van der Waals surface area contributed by atoms with E-state index in [0.29, 0.717) is 12.8 Å². The molecular formula is C23H37N3O4. The summed E-state index contributed by atoms with van der Waals surface area (Å²) in [5.74, 6) is -0.752. The zero-order chi connectivity index (χ0) is 22.8. The number of likely N-dealkylation sites (N-methyl/N-ethyl adjacent to an activating group) is 2. The van der Waals surface area contributed by atoms with Crippen LogP contribution in [0.15, 0.2) is 30.3 Å². The fourth-order valence-corrected chi connectivity index (χ4v) is 3.46. The molecule has 30 heavy (non-hydrogen) atoms. The summed E-state index contributed by atoms with van der Waals surface area (Å²) in [4.78, 5) is 40.0. The van der Waals surface area contributed by atoms with Crippen molar-refractivity contribution in [3.8, 4) is 0 Å². The van der Waals surface area contributed by atoms with Crippen molar-refractivity contribution in [1.29, 1.82) is 0 Å². The molecule has 0 aromatic heterocycles. The molecule has 0 heterocycles. The van der Waals surface area contributed by atoms with Gasteiger partial charge in [0.1, 0.15) is 12.1 Å². The van der Waals surface area contributed by atoms with E-state index in [1.165, 1.54) is 12.0 Å². The number of ether oxygens (including phenoxy) is 1. The molecule has 1 aromatic carbocycles. The van der Waals surface area contributed by atoms with Gasteiger partial charge in [-0.05, 0) is 30.9 Å². The standard InChI is InChI=1S/C23H37N3O4/c1-15(2)13-19(26(6)22(28)20(24-5)16(3)4)21(27)25-18(23(29)30-7)14-17-11-9-8-10-12-17/h8-12,15-16,18-20,24H,13-14H2,1-7H3,(H,25,27)/t18-,19+,20+/m0/s1. The average Bonchev–Trinajstić information content (AvgIpc) is 2.71. The Morgan fingerprint density at radius 3 is 2.13 bits per heavy atom. The van der Waals surface area contributed by atoms with Gasteiger partial charge in [0.25, 0.3) is 0 Å². The van der Waals surface area contributed by atoms with E-state index >= 15 is 0 Å². The summed E-state index contributed by atoms with van der Waals surface area (Å²) < 4.78 is 4.90. The van der Waals surface area contributed by atoms with Crippen LogP contribution in [0.5, 0.6) is 0 Å². The molecule has 168 valence electrons. The average molecular weight is 420 g/mol. The summed E-state index contributed by atoms with van der Waals surface area (Å²) in [6.45, 7) is 7.91. The lowest BCUT2D eigenvalue weighted by Crippen LogP contribution is -2.57. The zero-order valence-electron chi connectivity index (χ0n) is 19.3. The molecule has 0 fully saturated rings. The summed E-state index contributed by atoms with van der Waals surface area (Å²) >= 11 is 0. The van der Waals surface area contributed by atoms with E-state index in [4.69, 9.17) is 4.74 Å². The quantitative estimate of drug-likeness (QED) is 0.536. The van der Waals surface area contributed by atoms with Gasteiger partial charge in [-0.25, -0.2) is 4.79 Å². The predicted octanol–water partition coefficient (Wildman–Crippen LogP) is 2.00. The van der Waals surface area contributed by atoms with Crippen LogP contribution >= 0.6 is 0 Å². The summed E-state index contributed by atoms with van der Waals surface area (Å²) in [5.41, 5.74) is 0.910. The first-order valence-electron chi connectivity index (χ1n) is 10.5. The lowest BCUT2D eigenvalue weighted by atomic mass is 9.98. The van der Waals surface area contributed by atoms with Crippen LogP contribution in [-0.2, 0) is 25.5 Å². The molecule has 7 heteroatoms. The molecule has 0 saturated heterocycles. The number of rotatable bonds is 11. The van der Waals surface area contributed by atoms with Gasteiger partial charge in [0.15, 0.2) is 0 Å². The third-order valence-corrected chi connectivity index (χ3v) is 5.14. The molecular weight excluding hydrogens is 382 g/mol. The maximum Gasteiger partial charge on any atom is 0.328 e. The van der Waals surface area contributed by atoms with Crippen molar-refractivity contribution in [3.05, 3.63) is 35.9 Å². The summed E-state index contributed by atoms with van der Waals surface area (Å²) in [6, 6.07) is 7.53. The van der Waals surface area contributed by atoms with E-state index in [1.807, 2.05) is 58.0 Å². The van der Waals surface area contributed by atoms with Crippen LogP contribution < -0.4 is 10.6 Å². The summed E-state index contributed by atoms with van der Waals surface area (Å²) in [6.07, 6.45) is 0.804. The van der Waals surface area contributed by atoms with Gasteiger partial charge < -0.3 is 20.3 Å². The number of esters is 1. The van der Waals surface area contributed by atoms with Crippen molar-refractivity contribution in [2.24, 2.45) is 11.8 Å². The molecule has 0 radical (unpaired) electrons. The van der Waals surface area contributed by atoms with Crippen molar-refractivity contribution in [3.63, 3.8) is 0 Å². The largest absolute Gasteiger partial charge is 0.467 e. The van der Waals surface area contributed by atoms with E-state index < -0.39 is 24.1 Å². The van der Waals surface area contributed by atoms with Crippen LogP contribution in [0.4, 0.5) is 0 Å². The second-order valence-corrected chi connectivity index (χ2v) is 8.38. The van der Waals surface area contributed by atoms with Crippen molar-refractivity contribution in [1.82, 2.24) is 15.5 Å². The van der Waals surface area contributed by atoms with Crippen molar-refractivity contribution < 1.29 is 19.1 Å². The highest BCUT2D eigenvalue weighted by atomic mass is 16.5. The van der Waals surface area contributed by atoms with Gasteiger partial charge in [0.05, 0.1) is 13.2 Å². The van der Waals surface area contributed by atoms with Gasteiger partial charge in [-0.2, -0.15) is 0 Å². The molecule has 2 N–H and O–H groups in total. The Morgan fingerprint density at radius 2 is 1.67 bits per heavy atom. The molecule has 2 amide bonds. The Balaban J connectivity index is 3.06. The minimum absolute atomic E-state index is 0.0774. The Morgan fingerprint density at radius 1 is 1.07 bits per heavy atom. The molecule has 1 rings (SSSR count). The number of hydrogen-bond acceptors (Lipinski definition) is 5. The Labute approximate surface area is 180 Å². The van der Waals surface area contributed by atoms with Crippen LogP contribution in [-0.4, -0.2) is 62.0 Å². The molecule has 1 aromatic rings. The molecule has 0 aliphatic rings. The van der Waals surface area contributed by atoms with Gasteiger partial charge in [-0.1, -0.05) is 58.0 Å². The van der Waals surface area contributed by atoms with Crippen LogP contribution in [0.1, 0.15) is 39.7 Å². The zero-order valence-corrected chi connectivity index (χ0v) is 19.3. The number of carbonyl (C=O) groups excluding carboxylic acids is 3. The number of hydrogen-bond donors (Lipinski definition) is 2. The van der Waals surface area contributed by atoms with Crippen LogP contribution in [0.2, 0.25) is 0 Å². The normalized spacial score (nSPS) is 14.2. The van der Waals surface area contributed by atoms with Crippen LogP contribution in [0.25, 0.3) is 0 Å². The number of nitrogens with zero attached hydrogens (tertiary/aromatic N) is 1. The van der Waals surface area contributed by atoms with Crippen molar-refractivity contribution >= 4 is 17.8 Å². The van der Waals surface area contributed by atoms with Gasteiger partial charge in [-0.15, -0.1) is 0 Å². The number of nitrogens with one attached hydrogen (secondary N) is 2. The second kappa shape index (κ2) is 12.3. The maximum absolute atomic E-state index is 13.2. The van der Waals surface area contributed by atoms with Gasteiger partial charge in [0, 0.05) is 13.5 Å². The third kappa shape index (κ3) is 7.44. The minimum atomic E-state index is -0.826. The highest BCUT2D eigenvalue weighted by Crippen LogP contribution is 2.15. The summed E-state index contributed by atoms with van der Waals surface area (Å²) in [5, 5.41) is 5.85. The van der Waals surface area contributed by atoms with Crippen molar-refractivity contribution in [2.45, 2.75) is 58.7 Å². The SMILES string of the molecule is CN[C@@H](C(=O)N(C)[C@H](CC(C)C)C(=O)N[C@@H](Cc1ccccc1)C(=O)OC)C(C)C. The maximum atomic E-state index is 13.2. The summed E-state index contributed by atoms with van der Waals surface area (Å²) in [7, 11) is 4.68. The fourth-order valence-electron chi connectivity index (χ4n) is 3.46. The Kier molecular flexibility index (Phi) is 10.5. The molecule has 3 atom stereocenters. The Bertz CT molecular complexity index is 691. The number of benzene rings is 1.